The minimum Gasteiger partial charge on any atom is -0.375 e. The molecule has 62 heavy (non-hydrogen) atoms. The van der Waals surface area contributed by atoms with Crippen LogP contribution >= 0.6 is 0 Å². The minimum atomic E-state index is 0.491. The standard InChI is InChI=1S/C13H25N.2C12H23N.C11H20O.C9H17N/c1-13(2,3)9-10-7-11-5-6-12(8-10)14(11)4;1-12(2,3)11-5-9-7-13(4)8-10(9)6-11;1-12(2,3)9-7-10-5-6-11(8-9)13(10)4;1-11(2,3)8-6-9-4-5-10(7-8)12-9;1-3-7-6-8-4-5-9(7)10(8)2/h10-12H,5-9H2,1-4H3;2*9-11H,5-8H2,1-4H3;8-10H,4-7H2,1-3H3;7-9H,3-6H2,1-2H3. The third-order valence-corrected chi connectivity index (χ3v) is 19.6. The summed E-state index contributed by atoms with van der Waals surface area (Å²) in [6.07, 6.45) is 28.3. The van der Waals surface area contributed by atoms with Crippen molar-refractivity contribution in [1.82, 2.24) is 19.6 Å². The van der Waals surface area contributed by atoms with Crippen molar-refractivity contribution < 1.29 is 4.74 Å². The predicted molar refractivity (Wildman–Crippen MR) is 268 cm³/mol. The molecule has 0 aromatic heterocycles. The molecular formula is C57H108N4O. The molecule has 1 aliphatic carbocycles. The molecule has 10 rings (SSSR count). The number of hydrogen-bond acceptors (Lipinski definition) is 5. The number of ether oxygens (including phenoxy) is 1. The molecule has 9 heterocycles. The van der Waals surface area contributed by atoms with E-state index in [2.05, 4.69) is 138 Å². The van der Waals surface area contributed by atoms with E-state index >= 15 is 0 Å². The Balaban J connectivity index is 0.000000130. The molecule has 10 fully saturated rings. The summed E-state index contributed by atoms with van der Waals surface area (Å²) in [7, 11) is 9.22. The zero-order valence-electron chi connectivity index (χ0n) is 44.7. The first-order valence-electron chi connectivity index (χ1n) is 27.3. The summed E-state index contributed by atoms with van der Waals surface area (Å²) < 4.78 is 5.82. The highest BCUT2D eigenvalue weighted by Gasteiger charge is 2.45. The molecule has 362 valence electrons. The molecule has 0 N–H and O–H groups in total. The lowest BCUT2D eigenvalue weighted by atomic mass is 9.73. The van der Waals surface area contributed by atoms with Crippen molar-refractivity contribution in [2.45, 2.75) is 260 Å². The number of hydrogen-bond donors (Lipinski definition) is 0. The fourth-order valence-electron chi connectivity index (χ4n) is 15.3. The van der Waals surface area contributed by atoms with Gasteiger partial charge < -0.3 is 24.3 Å². The van der Waals surface area contributed by atoms with Crippen LogP contribution in [0.1, 0.15) is 212 Å². The Morgan fingerprint density at radius 2 is 0.823 bits per heavy atom. The van der Waals surface area contributed by atoms with Gasteiger partial charge in [-0.1, -0.05) is 96.4 Å². The van der Waals surface area contributed by atoms with Crippen molar-refractivity contribution in [1.29, 1.82) is 0 Å². The summed E-state index contributed by atoms with van der Waals surface area (Å²) in [6, 6.07) is 5.55. The number of rotatable bonds is 2. The van der Waals surface area contributed by atoms with Crippen LogP contribution in [0.15, 0.2) is 0 Å². The second-order valence-electron chi connectivity index (χ2n) is 28.4. The average Bonchev–Trinajstić information content (AvgIpc) is 4.02. The molecule has 0 aromatic rings. The van der Waals surface area contributed by atoms with Gasteiger partial charge in [-0.3, -0.25) is 0 Å². The monoisotopic (exact) mass is 865 g/mol. The Kier molecular flexibility index (Phi) is 17.0. The van der Waals surface area contributed by atoms with Crippen LogP contribution in [0.5, 0.6) is 0 Å². The van der Waals surface area contributed by atoms with E-state index in [9.17, 15) is 0 Å². The average molecular weight is 866 g/mol. The molecule has 5 heteroatoms. The Hall–Kier alpha value is -0.200. The van der Waals surface area contributed by atoms with E-state index in [4.69, 9.17) is 4.74 Å². The van der Waals surface area contributed by atoms with Gasteiger partial charge in [-0.2, -0.15) is 0 Å². The van der Waals surface area contributed by atoms with Gasteiger partial charge in [0.1, 0.15) is 0 Å². The third kappa shape index (κ3) is 13.3. The highest BCUT2D eigenvalue weighted by atomic mass is 16.5. The molecule has 8 bridgehead atoms. The van der Waals surface area contributed by atoms with Gasteiger partial charge in [0.25, 0.3) is 0 Å². The molecule has 1 saturated carbocycles. The van der Waals surface area contributed by atoms with Crippen molar-refractivity contribution in [2.24, 2.45) is 63.1 Å². The lowest BCUT2D eigenvalue weighted by Gasteiger charge is -2.42. The van der Waals surface area contributed by atoms with Gasteiger partial charge in [-0.15, -0.1) is 0 Å². The smallest absolute Gasteiger partial charge is 0.0582 e. The number of nitrogens with zero attached hydrogens (tertiary/aromatic N) is 4. The van der Waals surface area contributed by atoms with Gasteiger partial charge >= 0.3 is 0 Å². The van der Waals surface area contributed by atoms with E-state index in [1.165, 1.54) is 135 Å². The fraction of sp³-hybridized carbons (Fsp3) is 1.00. The van der Waals surface area contributed by atoms with Crippen LogP contribution in [-0.4, -0.2) is 109 Å². The van der Waals surface area contributed by atoms with E-state index < -0.39 is 0 Å². The van der Waals surface area contributed by atoms with E-state index in [0.717, 1.165) is 77.7 Å². The Morgan fingerprint density at radius 3 is 1.18 bits per heavy atom. The largest absolute Gasteiger partial charge is 0.375 e. The molecule has 9 aliphatic heterocycles. The van der Waals surface area contributed by atoms with Crippen LogP contribution in [0.2, 0.25) is 0 Å². The Labute approximate surface area is 387 Å². The summed E-state index contributed by atoms with van der Waals surface area (Å²) in [4.78, 5) is 10.4. The first kappa shape index (κ1) is 51.2. The van der Waals surface area contributed by atoms with Gasteiger partial charge in [0.15, 0.2) is 0 Å². The Morgan fingerprint density at radius 1 is 0.435 bits per heavy atom. The van der Waals surface area contributed by atoms with Crippen LogP contribution in [0.3, 0.4) is 0 Å². The fourth-order valence-corrected chi connectivity index (χ4v) is 15.3. The molecule has 0 aromatic carbocycles. The van der Waals surface area contributed by atoms with Crippen molar-refractivity contribution in [3.8, 4) is 0 Å². The molecule has 0 amide bonds. The van der Waals surface area contributed by atoms with Crippen LogP contribution in [-0.2, 0) is 4.74 Å². The van der Waals surface area contributed by atoms with Gasteiger partial charge in [0, 0.05) is 49.3 Å². The second-order valence-corrected chi connectivity index (χ2v) is 28.4. The SMILES string of the molecule is CC(C)(C)C1CC2CCC(C1)O2.CCC1CC2CCC1N2C.CN1C2CCC1CC(C(C)(C)C)C2.CN1C2CCC1CC(CC(C)(C)C)C2.CN1CC2CC(C(C)(C)C)CC2C1. The first-order chi connectivity index (χ1) is 28.8. The topological polar surface area (TPSA) is 22.2 Å². The summed E-state index contributed by atoms with van der Waals surface area (Å²) >= 11 is 0. The summed E-state index contributed by atoms with van der Waals surface area (Å²) in [5.74, 6) is 6.91. The van der Waals surface area contributed by atoms with E-state index in [1.54, 1.807) is 0 Å². The quantitative estimate of drug-likeness (QED) is 0.275. The van der Waals surface area contributed by atoms with Crippen molar-refractivity contribution in [2.75, 3.05) is 41.3 Å². The summed E-state index contributed by atoms with van der Waals surface area (Å²) in [5.41, 5.74) is 2.09. The maximum atomic E-state index is 5.82. The highest BCUT2D eigenvalue weighted by Crippen LogP contribution is 2.49. The Bertz CT molecular complexity index is 1310. The second kappa shape index (κ2) is 20.6. The first-order valence-corrected chi connectivity index (χ1v) is 27.3. The zero-order valence-corrected chi connectivity index (χ0v) is 44.7. The predicted octanol–water partition coefficient (Wildman–Crippen LogP) is 13.7. The maximum absolute atomic E-state index is 5.82. The third-order valence-electron chi connectivity index (χ3n) is 19.6. The lowest BCUT2D eigenvalue weighted by molar-refractivity contribution is -0.0443. The van der Waals surface area contributed by atoms with Crippen LogP contribution in [0, 0.1) is 63.1 Å². The van der Waals surface area contributed by atoms with Crippen LogP contribution < -0.4 is 0 Å². The molecule has 0 radical (unpaired) electrons. The number of fused-ring (bicyclic) bond motifs is 9. The molecular weight excluding hydrogens is 757 g/mol. The van der Waals surface area contributed by atoms with E-state index in [-0.39, 0.29) is 0 Å². The zero-order chi connectivity index (χ0) is 45.5. The van der Waals surface area contributed by atoms with E-state index in [0.29, 0.717) is 33.9 Å². The van der Waals surface area contributed by atoms with Crippen LogP contribution in [0.25, 0.3) is 0 Å². The summed E-state index contributed by atoms with van der Waals surface area (Å²) in [6.45, 7) is 33.7. The minimum absolute atomic E-state index is 0.491. The summed E-state index contributed by atoms with van der Waals surface area (Å²) in [5, 5.41) is 0. The van der Waals surface area contributed by atoms with Crippen molar-refractivity contribution in [3.05, 3.63) is 0 Å². The van der Waals surface area contributed by atoms with Gasteiger partial charge in [0.2, 0.25) is 0 Å². The van der Waals surface area contributed by atoms with Crippen LogP contribution in [0.4, 0.5) is 0 Å². The maximum Gasteiger partial charge on any atom is 0.0582 e. The number of piperidine rings is 2. The van der Waals surface area contributed by atoms with Gasteiger partial charge in [-0.25, -0.2) is 0 Å². The van der Waals surface area contributed by atoms with Crippen molar-refractivity contribution in [3.63, 3.8) is 0 Å². The normalized spacial score (nSPS) is 41.7. The molecule has 5 nitrogen and oxygen atoms in total. The van der Waals surface area contributed by atoms with Gasteiger partial charge in [0.05, 0.1) is 12.2 Å². The molecule has 10 aliphatic rings. The molecule has 0 spiro atoms. The molecule has 11 unspecified atom stereocenters. The molecule has 9 saturated heterocycles. The van der Waals surface area contributed by atoms with Gasteiger partial charge in [-0.05, 0) is 207 Å². The lowest BCUT2D eigenvalue weighted by Crippen LogP contribution is -2.43. The highest BCUT2D eigenvalue weighted by molar-refractivity contribution is 4.99. The molecule has 11 atom stereocenters. The number of likely N-dealkylation sites (tertiary alicyclic amines) is 1. The van der Waals surface area contributed by atoms with E-state index in [1.807, 2.05) is 0 Å². The van der Waals surface area contributed by atoms with Crippen molar-refractivity contribution >= 4 is 0 Å².